The summed E-state index contributed by atoms with van der Waals surface area (Å²) in [4.78, 5) is 13.9. The molecular weight excluding hydrogens is 288 g/mol. The van der Waals surface area contributed by atoms with E-state index in [1.54, 1.807) is 6.33 Å². The molecule has 2 saturated heterocycles. The number of hydrogen-bond donors (Lipinski definition) is 0. The van der Waals surface area contributed by atoms with Crippen LogP contribution >= 0.6 is 0 Å². The number of morpholine rings is 1. The number of aromatic nitrogens is 2. The molecule has 2 aliphatic rings. The van der Waals surface area contributed by atoms with Gasteiger partial charge in [-0.2, -0.15) is 0 Å². The molecule has 0 bridgehead atoms. The zero-order chi connectivity index (χ0) is 15.6. The first-order valence-electron chi connectivity index (χ1n) is 8.63. The molecule has 2 aliphatic heterocycles. The summed E-state index contributed by atoms with van der Waals surface area (Å²) >= 11 is 0. The highest BCUT2D eigenvalue weighted by molar-refractivity contribution is 5.91. The topological polar surface area (TPSA) is 41.5 Å². The summed E-state index contributed by atoms with van der Waals surface area (Å²) in [5.74, 6) is 1.83. The monoisotopic (exact) mass is 312 g/mol. The molecule has 0 amide bonds. The van der Waals surface area contributed by atoms with E-state index in [0.29, 0.717) is 0 Å². The minimum atomic E-state index is 0.737. The second kappa shape index (κ2) is 6.32. The van der Waals surface area contributed by atoms with Gasteiger partial charge in [0.1, 0.15) is 12.1 Å². The maximum atomic E-state index is 5.44. The Balaban J connectivity index is 1.67. The number of rotatable bonds is 2. The summed E-state index contributed by atoms with van der Waals surface area (Å²) in [7, 11) is 0. The highest BCUT2D eigenvalue weighted by Gasteiger charge is 2.20. The van der Waals surface area contributed by atoms with E-state index in [1.165, 1.54) is 23.9 Å². The number of anilines is 2. The van der Waals surface area contributed by atoms with E-state index in [-0.39, 0.29) is 0 Å². The second-order valence-corrected chi connectivity index (χ2v) is 6.69. The van der Waals surface area contributed by atoms with Gasteiger partial charge in [-0.1, -0.05) is 6.92 Å². The Kier molecular flexibility index (Phi) is 4.04. The maximum absolute atomic E-state index is 5.44. The molecule has 0 radical (unpaired) electrons. The lowest BCUT2D eigenvalue weighted by Crippen LogP contribution is -2.36. The van der Waals surface area contributed by atoms with Crippen molar-refractivity contribution in [1.29, 1.82) is 0 Å². The van der Waals surface area contributed by atoms with E-state index in [4.69, 9.17) is 4.74 Å². The van der Waals surface area contributed by atoms with Gasteiger partial charge in [0.05, 0.1) is 18.7 Å². The van der Waals surface area contributed by atoms with E-state index in [1.807, 2.05) is 0 Å². The molecular formula is C18H24N4O. The Labute approximate surface area is 137 Å². The molecule has 1 aromatic carbocycles. The summed E-state index contributed by atoms with van der Waals surface area (Å²) in [5, 5.41) is 1.17. The van der Waals surface area contributed by atoms with Crippen molar-refractivity contribution in [3.05, 3.63) is 24.5 Å². The molecule has 23 heavy (non-hydrogen) atoms. The SMILES string of the molecule is CC1CCCN(c2ncnc3cc(N4CCOCC4)ccc23)C1. The van der Waals surface area contributed by atoms with E-state index in [0.717, 1.165) is 56.6 Å². The number of ether oxygens (including phenoxy) is 1. The van der Waals surface area contributed by atoms with Crippen molar-refractivity contribution in [1.82, 2.24) is 9.97 Å². The van der Waals surface area contributed by atoms with Gasteiger partial charge in [0, 0.05) is 37.3 Å². The third kappa shape index (κ3) is 2.98. The summed E-state index contributed by atoms with van der Waals surface area (Å²) in [6.07, 6.45) is 4.28. The van der Waals surface area contributed by atoms with Crippen LogP contribution in [0.1, 0.15) is 19.8 Å². The van der Waals surface area contributed by atoms with E-state index >= 15 is 0 Å². The van der Waals surface area contributed by atoms with Gasteiger partial charge in [0.15, 0.2) is 0 Å². The van der Waals surface area contributed by atoms with Crippen molar-refractivity contribution in [2.24, 2.45) is 5.92 Å². The third-order valence-electron chi connectivity index (χ3n) is 4.93. The number of benzene rings is 1. The molecule has 4 rings (SSSR count). The lowest BCUT2D eigenvalue weighted by Gasteiger charge is -2.32. The largest absolute Gasteiger partial charge is 0.378 e. The van der Waals surface area contributed by atoms with Gasteiger partial charge in [-0.15, -0.1) is 0 Å². The minimum absolute atomic E-state index is 0.737. The van der Waals surface area contributed by atoms with Crippen molar-refractivity contribution in [3.63, 3.8) is 0 Å². The van der Waals surface area contributed by atoms with Crippen LogP contribution in [0.15, 0.2) is 24.5 Å². The zero-order valence-corrected chi connectivity index (χ0v) is 13.7. The second-order valence-electron chi connectivity index (χ2n) is 6.69. The highest BCUT2D eigenvalue weighted by atomic mass is 16.5. The van der Waals surface area contributed by atoms with Crippen molar-refractivity contribution >= 4 is 22.4 Å². The van der Waals surface area contributed by atoms with Gasteiger partial charge < -0.3 is 14.5 Å². The molecule has 0 spiro atoms. The average Bonchev–Trinajstić information content (AvgIpc) is 2.61. The molecule has 5 heteroatoms. The van der Waals surface area contributed by atoms with Crippen LogP contribution in [0.25, 0.3) is 10.9 Å². The van der Waals surface area contributed by atoms with Gasteiger partial charge >= 0.3 is 0 Å². The van der Waals surface area contributed by atoms with Gasteiger partial charge in [0.25, 0.3) is 0 Å². The quantitative estimate of drug-likeness (QED) is 0.853. The van der Waals surface area contributed by atoms with Crippen LogP contribution in [0.5, 0.6) is 0 Å². The van der Waals surface area contributed by atoms with E-state index < -0.39 is 0 Å². The first-order chi connectivity index (χ1) is 11.3. The molecule has 122 valence electrons. The fourth-order valence-electron chi connectivity index (χ4n) is 3.68. The van der Waals surface area contributed by atoms with Gasteiger partial charge in [-0.3, -0.25) is 0 Å². The van der Waals surface area contributed by atoms with E-state index in [2.05, 4.69) is 44.9 Å². The van der Waals surface area contributed by atoms with E-state index in [9.17, 15) is 0 Å². The fourth-order valence-corrected chi connectivity index (χ4v) is 3.68. The number of piperidine rings is 1. The van der Waals surface area contributed by atoms with Crippen molar-refractivity contribution in [3.8, 4) is 0 Å². The third-order valence-corrected chi connectivity index (χ3v) is 4.93. The normalized spacial score (nSPS) is 22.6. The van der Waals surface area contributed by atoms with Crippen LogP contribution in [0, 0.1) is 5.92 Å². The Morgan fingerprint density at radius 1 is 1.09 bits per heavy atom. The van der Waals surface area contributed by atoms with Gasteiger partial charge in [-0.25, -0.2) is 9.97 Å². The van der Waals surface area contributed by atoms with Crippen LogP contribution in [0.4, 0.5) is 11.5 Å². The summed E-state index contributed by atoms with van der Waals surface area (Å²) < 4.78 is 5.44. The molecule has 1 unspecified atom stereocenters. The Bertz CT molecular complexity index is 684. The smallest absolute Gasteiger partial charge is 0.139 e. The number of nitrogens with zero attached hydrogens (tertiary/aromatic N) is 4. The lowest BCUT2D eigenvalue weighted by atomic mass is 10.00. The molecule has 5 nitrogen and oxygen atoms in total. The minimum Gasteiger partial charge on any atom is -0.378 e. The molecule has 0 N–H and O–H groups in total. The number of hydrogen-bond acceptors (Lipinski definition) is 5. The Morgan fingerprint density at radius 2 is 1.96 bits per heavy atom. The van der Waals surface area contributed by atoms with Gasteiger partial charge in [-0.05, 0) is 37.0 Å². The molecule has 1 aromatic heterocycles. The predicted molar refractivity (Wildman–Crippen MR) is 93.2 cm³/mol. The predicted octanol–water partition coefficient (Wildman–Crippen LogP) is 2.70. The van der Waals surface area contributed by atoms with Crippen LogP contribution in [0.3, 0.4) is 0 Å². The van der Waals surface area contributed by atoms with Crippen molar-refractivity contribution in [2.75, 3.05) is 49.2 Å². The molecule has 2 fully saturated rings. The van der Waals surface area contributed by atoms with Crippen LogP contribution in [-0.2, 0) is 4.74 Å². The average molecular weight is 312 g/mol. The number of fused-ring (bicyclic) bond motifs is 1. The molecule has 1 atom stereocenters. The van der Waals surface area contributed by atoms with Crippen molar-refractivity contribution < 1.29 is 4.74 Å². The summed E-state index contributed by atoms with van der Waals surface area (Å²) in [6.45, 7) is 8.03. The van der Waals surface area contributed by atoms with Crippen LogP contribution < -0.4 is 9.80 Å². The first-order valence-corrected chi connectivity index (χ1v) is 8.63. The molecule has 0 aliphatic carbocycles. The molecule has 3 heterocycles. The van der Waals surface area contributed by atoms with Gasteiger partial charge in [0.2, 0.25) is 0 Å². The highest BCUT2D eigenvalue weighted by Crippen LogP contribution is 2.29. The van der Waals surface area contributed by atoms with Crippen molar-refractivity contribution in [2.45, 2.75) is 19.8 Å². The lowest BCUT2D eigenvalue weighted by molar-refractivity contribution is 0.122. The molecule has 0 saturated carbocycles. The summed E-state index contributed by atoms with van der Waals surface area (Å²) in [6, 6.07) is 6.59. The Hall–Kier alpha value is -1.88. The molecule has 2 aromatic rings. The first kappa shape index (κ1) is 14.7. The van der Waals surface area contributed by atoms with Crippen LogP contribution in [-0.4, -0.2) is 49.4 Å². The zero-order valence-electron chi connectivity index (χ0n) is 13.7. The fraction of sp³-hybridized carbons (Fsp3) is 0.556. The summed E-state index contributed by atoms with van der Waals surface area (Å²) in [5.41, 5.74) is 2.27. The maximum Gasteiger partial charge on any atom is 0.139 e. The Morgan fingerprint density at radius 3 is 2.78 bits per heavy atom. The van der Waals surface area contributed by atoms with Crippen LogP contribution in [0.2, 0.25) is 0 Å². The standard InChI is InChI=1S/C18H24N4O/c1-14-3-2-6-22(12-14)18-16-5-4-15(11-17(16)19-13-20-18)21-7-9-23-10-8-21/h4-5,11,13-14H,2-3,6-10,12H2,1H3.